The molecule has 0 aromatic carbocycles. The summed E-state index contributed by atoms with van der Waals surface area (Å²) in [5.41, 5.74) is 0. The first-order chi connectivity index (χ1) is 6.29. The first-order valence-electron chi connectivity index (χ1n) is 4.27. The third-order valence-corrected chi connectivity index (χ3v) is 7.91. The van der Waals surface area contributed by atoms with Gasteiger partial charge in [-0.05, 0) is 6.42 Å². The van der Waals surface area contributed by atoms with Gasteiger partial charge >= 0.3 is 0 Å². The molecule has 0 atom stereocenters. The van der Waals surface area contributed by atoms with E-state index in [9.17, 15) is 0 Å². The quantitative estimate of drug-likeness (QED) is 0.686. The van der Waals surface area contributed by atoms with Crippen molar-refractivity contribution in [2.75, 3.05) is 0 Å². The molecule has 0 N–H and O–H groups in total. The van der Waals surface area contributed by atoms with E-state index in [1.165, 1.54) is 27.7 Å². The molecule has 72 valence electrons. The van der Waals surface area contributed by atoms with Crippen molar-refractivity contribution < 1.29 is 0 Å². The molecule has 1 aromatic rings. The maximum absolute atomic E-state index is 5.16. The maximum atomic E-state index is 5.16. The summed E-state index contributed by atoms with van der Waals surface area (Å²) in [5, 5.41) is 0. The zero-order chi connectivity index (χ0) is 9.26. The minimum atomic E-state index is 0.771. The van der Waals surface area contributed by atoms with Crippen LogP contribution in [0.15, 0.2) is 8.42 Å². The molecule has 1 aliphatic heterocycles. The fourth-order valence-corrected chi connectivity index (χ4v) is 8.45. The Bertz CT molecular complexity index is 310. The lowest BCUT2D eigenvalue weighted by Gasteiger charge is -2.04. The van der Waals surface area contributed by atoms with Crippen molar-refractivity contribution in [1.29, 1.82) is 0 Å². The third kappa shape index (κ3) is 2.50. The molecule has 2 rings (SSSR count). The van der Waals surface area contributed by atoms with E-state index in [0.717, 1.165) is 7.72 Å². The molecule has 0 saturated heterocycles. The normalized spacial score (nSPS) is 16.4. The Kier molecular flexibility index (Phi) is 3.76. The predicted molar refractivity (Wildman–Crippen MR) is 68.1 cm³/mol. The second kappa shape index (κ2) is 4.66. The molecule has 5 heteroatoms. The Hall–Kier alpha value is 0.970. The molecule has 0 fully saturated rings. The van der Waals surface area contributed by atoms with E-state index < -0.39 is 0 Å². The lowest BCUT2D eigenvalue weighted by Crippen LogP contribution is -1.89. The van der Waals surface area contributed by atoms with Crippen molar-refractivity contribution in [3.05, 3.63) is 3.14 Å². The van der Waals surface area contributed by atoms with Gasteiger partial charge in [-0.15, -0.1) is 22.7 Å². The van der Waals surface area contributed by atoms with E-state index >= 15 is 0 Å². The van der Waals surface area contributed by atoms with Gasteiger partial charge in [-0.25, -0.2) is 0 Å². The van der Waals surface area contributed by atoms with Crippen LogP contribution in [0.1, 0.15) is 26.2 Å². The average molecular weight is 267 g/mol. The third-order valence-electron chi connectivity index (χ3n) is 1.79. The minimum absolute atomic E-state index is 0.771. The van der Waals surface area contributed by atoms with Gasteiger partial charge in [-0.1, -0.05) is 55.5 Å². The van der Waals surface area contributed by atoms with Crippen LogP contribution in [0.2, 0.25) is 0 Å². The van der Waals surface area contributed by atoms with Crippen LogP contribution in [0.25, 0.3) is 0 Å². The lowest BCUT2D eigenvalue weighted by atomic mass is 10.3. The highest BCUT2D eigenvalue weighted by molar-refractivity contribution is 8.21. The van der Waals surface area contributed by atoms with E-state index in [0.29, 0.717) is 0 Å². The molecule has 0 aliphatic carbocycles. The van der Waals surface area contributed by atoms with Gasteiger partial charge in [0.05, 0.1) is 13.0 Å². The van der Waals surface area contributed by atoms with Crippen LogP contribution in [0, 0.1) is 3.14 Å². The highest BCUT2D eigenvalue weighted by atomic mass is 32.2. The van der Waals surface area contributed by atoms with Gasteiger partial charge in [0.1, 0.15) is 3.14 Å². The zero-order valence-electron chi connectivity index (χ0n) is 7.24. The van der Waals surface area contributed by atoms with Crippen LogP contribution in [-0.2, 0) is 0 Å². The van der Waals surface area contributed by atoms with Crippen molar-refractivity contribution in [2.45, 2.75) is 39.2 Å². The summed E-state index contributed by atoms with van der Waals surface area (Å²) in [4.78, 5) is 0. The van der Waals surface area contributed by atoms with Gasteiger partial charge in [0.2, 0.25) is 0 Å². The van der Waals surface area contributed by atoms with E-state index in [1.807, 2.05) is 23.5 Å². The SMILES string of the molecule is CCCCC1Sc2sc(=S)sc2S1. The highest BCUT2D eigenvalue weighted by Gasteiger charge is 2.25. The fraction of sp³-hybridized carbons (Fsp3) is 0.625. The largest absolute Gasteiger partial charge is 0.145 e. The van der Waals surface area contributed by atoms with Crippen LogP contribution in [-0.4, -0.2) is 4.58 Å². The van der Waals surface area contributed by atoms with Gasteiger partial charge in [-0.3, -0.25) is 0 Å². The molecular formula is C8H10S5. The van der Waals surface area contributed by atoms with Crippen LogP contribution < -0.4 is 0 Å². The summed E-state index contributed by atoms with van der Waals surface area (Å²) in [7, 11) is 0. The zero-order valence-corrected chi connectivity index (χ0v) is 11.3. The van der Waals surface area contributed by atoms with Crippen molar-refractivity contribution in [3.63, 3.8) is 0 Å². The van der Waals surface area contributed by atoms with Gasteiger partial charge in [0.25, 0.3) is 0 Å². The molecule has 0 spiro atoms. The summed E-state index contributed by atoms with van der Waals surface area (Å²) in [5.74, 6) is 0. The molecular weight excluding hydrogens is 256 g/mol. The van der Waals surface area contributed by atoms with Crippen molar-refractivity contribution >= 4 is 58.4 Å². The Morgan fingerprint density at radius 2 is 1.85 bits per heavy atom. The van der Waals surface area contributed by atoms with Crippen molar-refractivity contribution in [2.24, 2.45) is 0 Å². The van der Waals surface area contributed by atoms with Crippen LogP contribution in [0.4, 0.5) is 0 Å². The molecule has 0 amide bonds. The minimum Gasteiger partial charge on any atom is -0.105 e. The first kappa shape index (κ1) is 10.5. The Balaban J connectivity index is 1.98. The first-order valence-corrected chi connectivity index (χ1v) is 8.07. The summed E-state index contributed by atoms with van der Waals surface area (Å²) < 4.78 is 4.80. The molecule has 0 bridgehead atoms. The van der Waals surface area contributed by atoms with E-state index in [1.54, 1.807) is 22.7 Å². The van der Waals surface area contributed by atoms with Crippen LogP contribution >= 0.6 is 58.4 Å². The summed E-state index contributed by atoms with van der Waals surface area (Å²) in [6, 6.07) is 0. The fourth-order valence-electron chi connectivity index (χ4n) is 1.15. The van der Waals surface area contributed by atoms with Crippen LogP contribution in [0.5, 0.6) is 0 Å². The summed E-state index contributed by atoms with van der Waals surface area (Å²) in [6.07, 6.45) is 4.00. The number of hydrogen-bond donors (Lipinski definition) is 0. The van der Waals surface area contributed by atoms with Gasteiger partial charge in [0.15, 0.2) is 0 Å². The molecule has 0 nitrogen and oxygen atoms in total. The van der Waals surface area contributed by atoms with E-state index in [4.69, 9.17) is 12.2 Å². The predicted octanol–water partition coefficient (Wildman–Crippen LogP) is 5.25. The smallest absolute Gasteiger partial charge is 0.105 e. The molecule has 1 aliphatic rings. The van der Waals surface area contributed by atoms with E-state index in [2.05, 4.69) is 6.92 Å². The number of unbranched alkanes of at least 4 members (excludes halogenated alkanes) is 1. The second-order valence-electron chi connectivity index (χ2n) is 2.84. The molecule has 0 radical (unpaired) electrons. The highest BCUT2D eigenvalue weighted by Crippen LogP contribution is 2.54. The Morgan fingerprint density at radius 3 is 2.38 bits per heavy atom. The molecule has 2 heterocycles. The van der Waals surface area contributed by atoms with Crippen molar-refractivity contribution in [1.82, 2.24) is 0 Å². The van der Waals surface area contributed by atoms with Gasteiger partial charge in [-0.2, -0.15) is 0 Å². The molecule has 13 heavy (non-hydrogen) atoms. The second-order valence-corrected chi connectivity index (χ2v) is 9.30. The van der Waals surface area contributed by atoms with Gasteiger partial charge in [0, 0.05) is 0 Å². The summed E-state index contributed by atoms with van der Waals surface area (Å²) in [6.45, 7) is 2.25. The van der Waals surface area contributed by atoms with Gasteiger partial charge < -0.3 is 0 Å². The Labute approximate surface area is 100 Å². The summed E-state index contributed by atoms with van der Waals surface area (Å²) >= 11 is 12.8. The van der Waals surface area contributed by atoms with E-state index in [-0.39, 0.29) is 0 Å². The topological polar surface area (TPSA) is 0 Å². The maximum Gasteiger partial charge on any atom is 0.145 e. The molecule has 1 aromatic heterocycles. The van der Waals surface area contributed by atoms with Crippen LogP contribution in [0.3, 0.4) is 0 Å². The number of rotatable bonds is 3. The average Bonchev–Trinajstić information content (AvgIpc) is 2.57. The Morgan fingerprint density at radius 1 is 1.23 bits per heavy atom. The standard InChI is InChI=1S/C8H10S5/c1-2-3-4-5-10-6-7(11-5)13-8(9)12-6/h5H,2-4H2,1H3. The van der Waals surface area contributed by atoms with Crippen molar-refractivity contribution in [3.8, 4) is 0 Å². The monoisotopic (exact) mass is 266 g/mol. The molecule has 0 saturated carbocycles. The number of thioether (sulfide) groups is 2. The number of fused-ring (bicyclic) bond motifs is 1. The lowest BCUT2D eigenvalue weighted by molar-refractivity contribution is 0.764. The number of hydrogen-bond acceptors (Lipinski definition) is 5. The molecule has 0 unspecified atom stereocenters.